The van der Waals surface area contributed by atoms with Gasteiger partial charge in [-0.1, -0.05) is 176 Å². The van der Waals surface area contributed by atoms with Gasteiger partial charge >= 0.3 is 0 Å². The smallest absolute Gasteiger partial charge is 0.121 e. The molecule has 8 aromatic carbocycles. The van der Waals surface area contributed by atoms with Crippen molar-refractivity contribution < 1.29 is 28.9 Å². The van der Waals surface area contributed by atoms with Crippen molar-refractivity contribution in [2.24, 2.45) is 0 Å². The van der Waals surface area contributed by atoms with Crippen molar-refractivity contribution in [3.05, 3.63) is 192 Å². The van der Waals surface area contributed by atoms with Crippen LogP contribution in [0.5, 0.6) is 0 Å². The van der Waals surface area contributed by atoms with Gasteiger partial charge in [-0.15, -0.1) is 47.5 Å². The van der Waals surface area contributed by atoms with Crippen LogP contribution in [0.2, 0.25) is 19.6 Å². The van der Waals surface area contributed by atoms with Gasteiger partial charge in [0, 0.05) is 43.2 Å². The van der Waals surface area contributed by atoms with Crippen LogP contribution in [-0.4, -0.2) is 22.6 Å². The molecule has 0 bridgehead atoms. The van der Waals surface area contributed by atoms with Gasteiger partial charge in [-0.25, -0.2) is 0 Å². The number of aromatic nitrogens is 3. The molecule has 0 N–H and O–H groups in total. The van der Waals surface area contributed by atoms with E-state index in [9.17, 15) is 4.39 Å². The zero-order valence-corrected chi connectivity index (χ0v) is 46.4. The third-order valence-electron chi connectivity index (χ3n) is 15.6. The molecule has 11 aromatic rings. The van der Waals surface area contributed by atoms with E-state index in [1.807, 2.05) is 12.3 Å². The first-order valence-electron chi connectivity index (χ1n) is 25.1. The maximum absolute atomic E-state index is 13.8. The summed E-state index contributed by atoms with van der Waals surface area (Å²) in [4.78, 5) is 10.1. The summed E-state index contributed by atoms with van der Waals surface area (Å²) in [5.41, 5.74) is 14.7. The van der Waals surface area contributed by atoms with E-state index in [1.165, 1.54) is 66.3 Å². The summed E-state index contributed by atoms with van der Waals surface area (Å²) >= 11 is 0. The van der Waals surface area contributed by atoms with E-state index >= 15 is 0 Å². The SMILES string of the molecule is CC(C)c1cc(-c2ccccc2)cc(C(C)C)c1-n1c(-c2[c-]ccc3c2oc2cc4c(ccc5ccccc54)cc23)nc2ccccc21.CC1(C)c2cc(F)c[c-]c2-c2ncc([Si](C)(C)C)cc2C1(C)C.[Ir]. The Balaban J connectivity index is 0.000000209. The average Bonchev–Trinajstić information content (AvgIpc) is 3.93. The maximum atomic E-state index is 13.8. The van der Waals surface area contributed by atoms with E-state index in [2.05, 4.69) is 219 Å². The summed E-state index contributed by atoms with van der Waals surface area (Å²) in [5.74, 6) is 1.17. The third-order valence-corrected chi connectivity index (χ3v) is 17.6. The molecule has 363 valence electrons. The van der Waals surface area contributed by atoms with Crippen LogP contribution in [0, 0.1) is 17.9 Å². The van der Waals surface area contributed by atoms with Crippen LogP contribution in [0.25, 0.3) is 94.0 Å². The first-order valence-corrected chi connectivity index (χ1v) is 28.6. The number of benzene rings is 8. The molecule has 0 amide bonds. The Kier molecular flexibility index (Phi) is 12.4. The molecule has 1 aliphatic carbocycles. The second-order valence-corrected chi connectivity index (χ2v) is 27.3. The summed E-state index contributed by atoms with van der Waals surface area (Å²) in [6.07, 6.45) is 2.01. The third kappa shape index (κ3) is 8.05. The maximum Gasteiger partial charge on any atom is 0.121 e. The fourth-order valence-electron chi connectivity index (χ4n) is 10.8. The van der Waals surface area contributed by atoms with E-state index in [0.717, 1.165) is 61.2 Å². The predicted molar refractivity (Wildman–Crippen MR) is 299 cm³/mol. The van der Waals surface area contributed by atoms with Crippen molar-refractivity contribution in [2.45, 2.75) is 97.7 Å². The van der Waals surface area contributed by atoms with Gasteiger partial charge in [-0.2, -0.15) is 0 Å². The number of fused-ring (bicyclic) bond motifs is 10. The molecule has 3 aromatic heterocycles. The Bertz CT molecular complexity index is 3870. The largest absolute Gasteiger partial charge is 0.501 e. The standard InChI is InChI=1S/C45H35N2O.C20H25FNSi.Ir/c1-27(2)36-24-32(29-13-6-5-7-14-29)25-37(28(3)4)43(36)47-41-20-11-10-19-40(41)46-45(47)35-18-12-17-34-39-23-31-22-21-30-15-8-9-16-33(30)38(31)26-42(39)48-44(34)35;1-19(2)16-10-13(21)8-9-15(16)18-17(20(19,3)4)11-14(12-22-18)23(5,6)7;/h5-17,19-28H,1-4H3;8,10-12H,1-7H3;/q2*-1;. The number of imidazole rings is 1. The minimum atomic E-state index is -1.43. The molecule has 72 heavy (non-hydrogen) atoms. The average molecular weight is 1140 g/mol. The fraction of sp³-hybridized carbons (Fsp3) is 0.231. The second-order valence-electron chi connectivity index (χ2n) is 22.2. The zero-order valence-electron chi connectivity index (χ0n) is 43.0. The Morgan fingerprint density at radius 1 is 0.625 bits per heavy atom. The summed E-state index contributed by atoms with van der Waals surface area (Å²) in [7, 11) is -1.43. The van der Waals surface area contributed by atoms with Gasteiger partial charge in [0.05, 0.1) is 30.5 Å². The molecule has 0 unspecified atom stereocenters. The van der Waals surface area contributed by atoms with Gasteiger partial charge in [-0.3, -0.25) is 9.37 Å². The summed E-state index contributed by atoms with van der Waals surface area (Å²) in [6.45, 7) is 25.1. The number of para-hydroxylation sites is 2. The molecule has 12 rings (SSSR count). The van der Waals surface area contributed by atoms with Crippen molar-refractivity contribution in [3.63, 3.8) is 0 Å². The van der Waals surface area contributed by atoms with Crippen LogP contribution in [0.4, 0.5) is 4.39 Å². The van der Waals surface area contributed by atoms with Crippen LogP contribution in [0.3, 0.4) is 0 Å². The molecule has 7 heteroatoms. The normalized spacial score (nSPS) is 13.9. The molecular weight excluding hydrogens is 1080 g/mol. The van der Waals surface area contributed by atoms with Crippen LogP contribution < -0.4 is 5.19 Å². The number of furan rings is 1. The minimum absolute atomic E-state index is 0. The van der Waals surface area contributed by atoms with E-state index in [1.54, 1.807) is 6.07 Å². The van der Waals surface area contributed by atoms with E-state index in [-0.39, 0.29) is 48.6 Å². The molecule has 0 saturated carbocycles. The molecule has 0 spiro atoms. The van der Waals surface area contributed by atoms with Gasteiger partial charge in [0.15, 0.2) is 0 Å². The number of rotatable bonds is 6. The van der Waals surface area contributed by atoms with Crippen LogP contribution >= 0.6 is 0 Å². The first kappa shape index (κ1) is 49.1. The molecule has 1 radical (unpaired) electrons. The molecule has 0 saturated heterocycles. The van der Waals surface area contributed by atoms with Gasteiger partial charge in [0.25, 0.3) is 0 Å². The van der Waals surface area contributed by atoms with Crippen LogP contribution in [0.1, 0.15) is 89.5 Å². The van der Waals surface area contributed by atoms with Gasteiger partial charge in [0.1, 0.15) is 5.58 Å². The first-order chi connectivity index (χ1) is 33.9. The minimum Gasteiger partial charge on any atom is -0.501 e. The van der Waals surface area contributed by atoms with Crippen molar-refractivity contribution in [1.82, 2.24) is 14.5 Å². The zero-order chi connectivity index (χ0) is 49.7. The summed E-state index contributed by atoms with van der Waals surface area (Å²) in [5, 5.41) is 8.39. The Morgan fingerprint density at radius 3 is 2.01 bits per heavy atom. The molecule has 0 atom stereocenters. The topological polar surface area (TPSA) is 43.9 Å². The van der Waals surface area contributed by atoms with Crippen molar-refractivity contribution in [1.29, 1.82) is 0 Å². The molecule has 3 heterocycles. The number of halogens is 1. The number of hydrogen-bond donors (Lipinski definition) is 0. The number of nitrogens with zero attached hydrogens (tertiary/aromatic N) is 3. The molecular formula is C65H60FIrN3OSi-2. The molecule has 4 nitrogen and oxygen atoms in total. The van der Waals surface area contributed by atoms with Crippen LogP contribution in [0.15, 0.2) is 156 Å². The van der Waals surface area contributed by atoms with Crippen LogP contribution in [-0.2, 0) is 30.9 Å². The van der Waals surface area contributed by atoms with Gasteiger partial charge < -0.3 is 14.0 Å². The number of pyridine rings is 1. The summed E-state index contributed by atoms with van der Waals surface area (Å²) < 4.78 is 23.0. The van der Waals surface area contributed by atoms with Crippen molar-refractivity contribution >= 4 is 67.8 Å². The fourth-order valence-corrected chi connectivity index (χ4v) is 11.9. The monoisotopic (exact) mass is 1140 g/mol. The molecule has 0 aliphatic heterocycles. The Morgan fingerprint density at radius 2 is 1.29 bits per heavy atom. The predicted octanol–water partition coefficient (Wildman–Crippen LogP) is 17.4. The Hall–Kier alpha value is -6.50. The van der Waals surface area contributed by atoms with E-state index < -0.39 is 8.07 Å². The van der Waals surface area contributed by atoms with Crippen molar-refractivity contribution in [3.8, 4) is 39.5 Å². The van der Waals surface area contributed by atoms with E-state index in [4.69, 9.17) is 14.4 Å². The van der Waals surface area contributed by atoms with Gasteiger partial charge in [0.2, 0.25) is 0 Å². The second kappa shape index (κ2) is 18.2. The molecule has 1 aliphatic rings. The molecule has 0 fully saturated rings. The van der Waals surface area contributed by atoms with E-state index in [0.29, 0.717) is 0 Å². The van der Waals surface area contributed by atoms with Crippen molar-refractivity contribution in [2.75, 3.05) is 0 Å². The quantitative estimate of drug-likeness (QED) is 0.0947. The Labute approximate surface area is 437 Å². The summed E-state index contributed by atoms with van der Waals surface area (Å²) in [6, 6.07) is 57.6. The number of hydrogen-bond acceptors (Lipinski definition) is 3. The van der Waals surface area contributed by atoms with Gasteiger partial charge in [-0.05, 0) is 114 Å².